The fourth-order valence-corrected chi connectivity index (χ4v) is 3.76. The fraction of sp³-hybridized carbons (Fsp3) is 0.211. The van der Waals surface area contributed by atoms with Crippen molar-refractivity contribution in [1.29, 1.82) is 0 Å². The van der Waals surface area contributed by atoms with Crippen LogP contribution in [0.4, 0.5) is 0 Å². The van der Waals surface area contributed by atoms with Gasteiger partial charge >= 0.3 is 5.97 Å². The van der Waals surface area contributed by atoms with E-state index in [2.05, 4.69) is 10.3 Å². The molecule has 5 rings (SSSR count). The highest BCUT2D eigenvalue weighted by Gasteiger charge is 2.34. The van der Waals surface area contributed by atoms with Gasteiger partial charge in [-0.15, -0.1) is 12.4 Å². The Labute approximate surface area is 155 Å². The number of carboxylic acid groups (broad SMARTS) is 1. The summed E-state index contributed by atoms with van der Waals surface area (Å²) in [7, 11) is 0. The zero-order valence-corrected chi connectivity index (χ0v) is 14.5. The normalized spacial score (nSPS) is 20.8. The molecule has 0 saturated heterocycles. The van der Waals surface area contributed by atoms with Crippen molar-refractivity contribution in [3.8, 4) is 5.75 Å². The molecule has 3 heterocycles. The molecule has 3 aromatic rings. The van der Waals surface area contributed by atoms with E-state index in [1.54, 1.807) is 0 Å². The maximum absolute atomic E-state index is 11.7. The molecule has 0 spiro atoms. The lowest BCUT2D eigenvalue weighted by atomic mass is 9.90. The van der Waals surface area contributed by atoms with Gasteiger partial charge in [-0.25, -0.2) is 0 Å². The van der Waals surface area contributed by atoms with Crippen LogP contribution in [0.3, 0.4) is 0 Å². The number of carbonyl (C=O) groups is 1. The summed E-state index contributed by atoms with van der Waals surface area (Å²) in [6, 6.07) is 13.0. The molecular formula is C19H17ClN2O4. The number of hydrogen-bond acceptors (Lipinski definition) is 4. The van der Waals surface area contributed by atoms with Gasteiger partial charge in [0, 0.05) is 28.6 Å². The highest BCUT2D eigenvalue weighted by Crippen LogP contribution is 2.37. The Balaban J connectivity index is 0.00000168. The van der Waals surface area contributed by atoms with E-state index in [0.29, 0.717) is 18.8 Å². The van der Waals surface area contributed by atoms with Gasteiger partial charge in [0.25, 0.3) is 0 Å². The van der Waals surface area contributed by atoms with Gasteiger partial charge in [0.1, 0.15) is 12.6 Å². The Morgan fingerprint density at radius 2 is 2.04 bits per heavy atom. The van der Waals surface area contributed by atoms with E-state index < -0.39 is 12.0 Å². The summed E-state index contributed by atoms with van der Waals surface area (Å²) < 4.78 is 0. The first-order chi connectivity index (χ1) is 12.2. The van der Waals surface area contributed by atoms with Crippen LogP contribution >= 0.6 is 12.4 Å². The van der Waals surface area contributed by atoms with E-state index in [1.165, 1.54) is 0 Å². The summed E-state index contributed by atoms with van der Waals surface area (Å²) in [5, 5.41) is 13.9. The molecule has 0 bridgehead atoms. The molecule has 26 heavy (non-hydrogen) atoms. The molecule has 1 aromatic heterocycles. The number of aromatic amines is 1. The van der Waals surface area contributed by atoms with Gasteiger partial charge in [-0.05, 0) is 23.3 Å². The van der Waals surface area contributed by atoms with Gasteiger partial charge in [0.05, 0.1) is 6.04 Å². The molecule has 134 valence electrons. The van der Waals surface area contributed by atoms with Crippen molar-refractivity contribution >= 4 is 29.3 Å². The lowest BCUT2D eigenvalue weighted by Gasteiger charge is -2.29. The lowest BCUT2D eigenvalue weighted by Crippen LogP contribution is -2.44. The minimum atomic E-state index is -0.846. The number of benzene rings is 2. The largest absolute Gasteiger partial charge is 0.480 e. The zero-order valence-electron chi connectivity index (χ0n) is 13.7. The molecule has 0 fully saturated rings. The molecule has 2 atom stereocenters. The summed E-state index contributed by atoms with van der Waals surface area (Å²) in [6.07, 6.45) is 0.454. The smallest absolute Gasteiger partial charge is 0.321 e. The molecule has 0 unspecified atom stereocenters. The number of aliphatic carboxylic acids is 1. The lowest BCUT2D eigenvalue weighted by molar-refractivity contribution is -0.194. The van der Waals surface area contributed by atoms with Crippen molar-refractivity contribution in [2.24, 2.45) is 0 Å². The van der Waals surface area contributed by atoms with Gasteiger partial charge in [-0.1, -0.05) is 30.3 Å². The highest BCUT2D eigenvalue weighted by atomic mass is 35.5. The van der Waals surface area contributed by atoms with E-state index >= 15 is 0 Å². The van der Waals surface area contributed by atoms with Crippen LogP contribution in [-0.4, -0.2) is 22.1 Å². The summed E-state index contributed by atoms with van der Waals surface area (Å²) in [5.41, 5.74) is 5.03. The Kier molecular flexibility index (Phi) is 4.11. The second-order valence-electron chi connectivity index (χ2n) is 6.47. The molecule has 2 aliphatic rings. The highest BCUT2D eigenvalue weighted by molar-refractivity contribution is 5.87. The topological polar surface area (TPSA) is 83.6 Å². The van der Waals surface area contributed by atoms with Crippen molar-refractivity contribution in [2.75, 3.05) is 0 Å². The standard InChI is InChI=1S/C19H16N2O4.ClH/c22-19(23)15-8-13-12-3-1-2-4-14(12)20-18(13)17(21-15)10-5-6-11-9-24-25-16(11)7-10;/h1-7,15,17,20-21H,8-9H2,(H,22,23);1H/t15-,17-;/m0./s1. The first-order valence-electron chi connectivity index (χ1n) is 8.21. The average molecular weight is 373 g/mol. The van der Waals surface area contributed by atoms with Crippen molar-refractivity contribution in [2.45, 2.75) is 25.1 Å². The third-order valence-electron chi connectivity index (χ3n) is 5.00. The molecule has 3 N–H and O–H groups in total. The molecular weight excluding hydrogens is 356 g/mol. The van der Waals surface area contributed by atoms with Crippen LogP contribution in [0, 0.1) is 0 Å². The van der Waals surface area contributed by atoms with Crippen LogP contribution in [0.15, 0.2) is 42.5 Å². The number of H-pyrrole nitrogens is 1. The molecule has 2 aromatic carbocycles. The van der Waals surface area contributed by atoms with Crippen LogP contribution in [0.5, 0.6) is 5.75 Å². The molecule has 0 amide bonds. The van der Waals surface area contributed by atoms with Gasteiger partial charge in [0.15, 0.2) is 5.75 Å². The Morgan fingerprint density at radius 3 is 2.88 bits per heavy atom. The third-order valence-corrected chi connectivity index (χ3v) is 5.00. The van der Waals surface area contributed by atoms with Crippen LogP contribution in [0.1, 0.15) is 28.4 Å². The molecule has 0 radical (unpaired) electrons. The predicted molar refractivity (Wildman–Crippen MR) is 97.5 cm³/mol. The van der Waals surface area contributed by atoms with E-state index in [-0.39, 0.29) is 18.4 Å². The van der Waals surface area contributed by atoms with Crippen LogP contribution in [-0.2, 0) is 22.7 Å². The van der Waals surface area contributed by atoms with Crippen LogP contribution < -0.4 is 10.2 Å². The summed E-state index contributed by atoms with van der Waals surface area (Å²) in [6.45, 7) is 0.434. The quantitative estimate of drug-likeness (QED) is 0.602. The number of para-hydroxylation sites is 1. The summed E-state index contributed by atoms with van der Waals surface area (Å²) in [5.74, 6) is -0.156. The van der Waals surface area contributed by atoms with Crippen molar-refractivity contribution in [3.63, 3.8) is 0 Å². The van der Waals surface area contributed by atoms with E-state index in [1.807, 2.05) is 42.5 Å². The Morgan fingerprint density at radius 1 is 1.19 bits per heavy atom. The summed E-state index contributed by atoms with van der Waals surface area (Å²) >= 11 is 0. The number of fused-ring (bicyclic) bond motifs is 4. The second-order valence-corrected chi connectivity index (χ2v) is 6.47. The average Bonchev–Trinajstić information content (AvgIpc) is 3.24. The monoisotopic (exact) mass is 372 g/mol. The fourth-order valence-electron chi connectivity index (χ4n) is 3.76. The number of halogens is 1. The Bertz CT molecular complexity index is 1000. The second kappa shape index (κ2) is 6.32. The number of nitrogens with one attached hydrogen (secondary N) is 2. The van der Waals surface area contributed by atoms with Gasteiger partial charge in [-0.2, -0.15) is 4.89 Å². The molecule has 0 saturated carbocycles. The maximum atomic E-state index is 11.7. The predicted octanol–water partition coefficient (Wildman–Crippen LogP) is 3.10. The Hall–Kier alpha value is -2.54. The van der Waals surface area contributed by atoms with E-state index in [4.69, 9.17) is 9.78 Å². The van der Waals surface area contributed by atoms with Gasteiger partial charge < -0.3 is 15.0 Å². The SMILES string of the molecule is Cl.O=C(O)[C@@H]1Cc2c([nH]c3ccccc23)[C@H](c2ccc3c(c2)OOC3)N1. The molecule has 0 aliphatic carbocycles. The first kappa shape index (κ1) is 16.9. The maximum Gasteiger partial charge on any atom is 0.321 e. The molecule has 2 aliphatic heterocycles. The van der Waals surface area contributed by atoms with E-state index in [9.17, 15) is 9.90 Å². The summed E-state index contributed by atoms with van der Waals surface area (Å²) in [4.78, 5) is 25.3. The zero-order chi connectivity index (χ0) is 17.0. The number of aromatic nitrogens is 1. The third kappa shape index (κ3) is 2.54. The molecule has 6 nitrogen and oxygen atoms in total. The van der Waals surface area contributed by atoms with Crippen molar-refractivity contribution in [3.05, 3.63) is 64.8 Å². The van der Waals surface area contributed by atoms with Gasteiger partial charge in [0.2, 0.25) is 0 Å². The number of rotatable bonds is 2. The first-order valence-corrected chi connectivity index (χ1v) is 8.21. The van der Waals surface area contributed by atoms with Crippen LogP contribution in [0.25, 0.3) is 10.9 Å². The van der Waals surface area contributed by atoms with Gasteiger partial charge in [-0.3, -0.25) is 10.1 Å². The van der Waals surface area contributed by atoms with Crippen molar-refractivity contribution in [1.82, 2.24) is 10.3 Å². The molecule has 7 heteroatoms. The van der Waals surface area contributed by atoms with Crippen LogP contribution in [0.2, 0.25) is 0 Å². The van der Waals surface area contributed by atoms with E-state index in [0.717, 1.165) is 33.3 Å². The minimum absolute atomic E-state index is 0. The number of carboxylic acids is 1. The minimum Gasteiger partial charge on any atom is -0.480 e. The number of hydrogen-bond donors (Lipinski definition) is 3. The van der Waals surface area contributed by atoms with Crippen molar-refractivity contribution < 1.29 is 19.7 Å².